The average molecular weight is 406 g/mol. The van der Waals surface area contributed by atoms with E-state index in [1.54, 1.807) is 37.3 Å². The van der Waals surface area contributed by atoms with Crippen LogP contribution in [0.1, 0.15) is 28.6 Å². The molecule has 10 heteroatoms. The summed E-state index contributed by atoms with van der Waals surface area (Å²) >= 11 is 0.809. The van der Waals surface area contributed by atoms with Crippen molar-refractivity contribution < 1.29 is 17.6 Å². The van der Waals surface area contributed by atoms with E-state index in [2.05, 4.69) is 15.5 Å². The van der Waals surface area contributed by atoms with E-state index in [4.69, 9.17) is 4.42 Å². The highest BCUT2D eigenvalue weighted by Gasteiger charge is 2.28. The number of furan rings is 1. The van der Waals surface area contributed by atoms with Crippen LogP contribution in [-0.2, 0) is 16.6 Å². The molecule has 142 valence electrons. The molecule has 0 aliphatic rings. The van der Waals surface area contributed by atoms with Gasteiger partial charge in [-0.15, -0.1) is 10.2 Å². The number of nitrogens with one attached hydrogen (secondary N) is 1. The lowest BCUT2D eigenvalue weighted by atomic mass is 10.1. The lowest BCUT2D eigenvalue weighted by Crippen LogP contribution is -2.30. The zero-order chi connectivity index (χ0) is 19.4. The molecule has 3 aromatic rings. The van der Waals surface area contributed by atoms with Gasteiger partial charge >= 0.3 is 0 Å². The number of sulfonamides is 1. The molecule has 2 heterocycles. The Morgan fingerprint density at radius 3 is 2.74 bits per heavy atom. The maximum Gasteiger partial charge on any atom is 0.272 e. The van der Waals surface area contributed by atoms with E-state index < -0.39 is 10.0 Å². The molecule has 0 bridgehead atoms. The van der Waals surface area contributed by atoms with Crippen molar-refractivity contribution in [1.82, 2.24) is 14.5 Å². The van der Waals surface area contributed by atoms with Gasteiger partial charge in [-0.2, -0.15) is 4.31 Å². The summed E-state index contributed by atoms with van der Waals surface area (Å²) in [5, 5.41) is 10.2. The van der Waals surface area contributed by atoms with Gasteiger partial charge in [0.05, 0.1) is 12.8 Å². The van der Waals surface area contributed by atoms with Crippen LogP contribution in [-0.4, -0.2) is 35.4 Å². The van der Waals surface area contributed by atoms with Gasteiger partial charge in [-0.3, -0.25) is 10.1 Å². The maximum absolute atomic E-state index is 12.8. The molecule has 27 heavy (non-hydrogen) atoms. The minimum absolute atomic E-state index is 0.0936. The standard InChI is InChI=1S/C17H18N4O4S2/c1-3-21(11-14-8-5-9-25-14)27(23,24)17-20-19-16(26-17)18-15(22)13-7-4-6-12(2)10-13/h4-10H,3,11H2,1-2H3,(H,18,19,22). The van der Waals surface area contributed by atoms with Gasteiger partial charge in [0.15, 0.2) is 0 Å². The lowest BCUT2D eigenvalue weighted by Gasteiger charge is -2.16. The quantitative estimate of drug-likeness (QED) is 0.605. The van der Waals surface area contributed by atoms with E-state index in [1.807, 2.05) is 13.0 Å². The summed E-state index contributed by atoms with van der Waals surface area (Å²) in [6.45, 7) is 3.94. The van der Waals surface area contributed by atoms with Crippen molar-refractivity contribution in [1.29, 1.82) is 0 Å². The third kappa shape index (κ3) is 4.41. The van der Waals surface area contributed by atoms with E-state index in [0.29, 0.717) is 11.3 Å². The predicted molar refractivity (Wildman–Crippen MR) is 101 cm³/mol. The van der Waals surface area contributed by atoms with Gasteiger partial charge in [0.25, 0.3) is 15.9 Å². The number of benzene rings is 1. The zero-order valence-electron chi connectivity index (χ0n) is 14.7. The molecule has 0 aliphatic heterocycles. The Labute approximate surface area is 160 Å². The van der Waals surface area contributed by atoms with Crippen LogP contribution < -0.4 is 5.32 Å². The third-order valence-electron chi connectivity index (χ3n) is 3.73. The summed E-state index contributed by atoms with van der Waals surface area (Å²) in [6, 6.07) is 10.4. The second-order valence-electron chi connectivity index (χ2n) is 5.71. The summed E-state index contributed by atoms with van der Waals surface area (Å²) < 4.78 is 31.8. The second-order valence-corrected chi connectivity index (χ2v) is 8.80. The molecule has 0 spiro atoms. The van der Waals surface area contributed by atoms with Gasteiger partial charge in [0.1, 0.15) is 5.76 Å². The number of aromatic nitrogens is 2. The number of aryl methyl sites for hydroxylation is 1. The first-order valence-electron chi connectivity index (χ1n) is 8.14. The summed E-state index contributed by atoms with van der Waals surface area (Å²) in [6.07, 6.45) is 1.49. The van der Waals surface area contributed by atoms with Crippen LogP contribution in [0.2, 0.25) is 0 Å². The second kappa shape index (κ2) is 7.99. The van der Waals surface area contributed by atoms with Gasteiger partial charge in [-0.25, -0.2) is 8.42 Å². The molecule has 0 fully saturated rings. The molecule has 8 nitrogen and oxygen atoms in total. The van der Waals surface area contributed by atoms with Crippen molar-refractivity contribution in [3.63, 3.8) is 0 Å². The molecular weight excluding hydrogens is 388 g/mol. The van der Waals surface area contributed by atoms with Crippen LogP contribution in [0, 0.1) is 6.92 Å². The third-order valence-corrected chi connectivity index (χ3v) is 6.84. The van der Waals surface area contributed by atoms with Crippen molar-refractivity contribution in [2.75, 3.05) is 11.9 Å². The SMILES string of the molecule is CCN(Cc1ccco1)S(=O)(=O)c1nnc(NC(=O)c2cccc(C)c2)s1. The van der Waals surface area contributed by atoms with Gasteiger partial charge in [-0.1, -0.05) is 36.0 Å². The molecular formula is C17H18N4O4S2. The molecule has 0 saturated heterocycles. The molecule has 0 radical (unpaired) electrons. The Bertz CT molecular complexity index is 1030. The first kappa shape index (κ1) is 19.2. The van der Waals surface area contributed by atoms with Crippen LogP contribution in [0.15, 0.2) is 51.4 Å². The summed E-state index contributed by atoms with van der Waals surface area (Å²) in [5.74, 6) is 0.152. The molecule has 0 aliphatic carbocycles. The fraction of sp³-hybridized carbons (Fsp3) is 0.235. The highest BCUT2D eigenvalue weighted by atomic mass is 32.2. The van der Waals surface area contributed by atoms with Crippen molar-refractivity contribution >= 4 is 32.4 Å². The molecule has 0 saturated carbocycles. The maximum atomic E-state index is 12.8. The number of nitrogens with zero attached hydrogens (tertiary/aromatic N) is 3. The first-order valence-corrected chi connectivity index (χ1v) is 10.4. The molecule has 0 atom stereocenters. The Kier molecular flexibility index (Phi) is 5.68. The first-order chi connectivity index (χ1) is 12.9. The Morgan fingerprint density at radius 1 is 1.26 bits per heavy atom. The van der Waals surface area contributed by atoms with Gasteiger partial charge < -0.3 is 4.42 Å². The Hall–Kier alpha value is -2.56. The van der Waals surface area contributed by atoms with Crippen molar-refractivity contribution in [3.05, 3.63) is 59.5 Å². The Balaban J connectivity index is 1.76. The number of amides is 1. The van der Waals surface area contributed by atoms with E-state index in [-0.39, 0.29) is 28.5 Å². The van der Waals surface area contributed by atoms with Gasteiger partial charge in [-0.05, 0) is 31.2 Å². The molecule has 1 amide bonds. The number of hydrogen-bond acceptors (Lipinski definition) is 7. The molecule has 2 aromatic heterocycles. The summed E-state index contributed by atoms with van der Waals surface area (Å²) in [5.41, 5.74) is 1.40. The topological polar surface area (TPSA) is 105 Å². The van der Waals surface area contributed by atoms with E-state index in [9.17, 15) is 13.2 Å². The number of carbonyl (C=O) groups is 1. The fourth-order valence-electron chi connectivity index (χ4n) is 2.37. The molecule has 0 unspecified atom stereocenters. The predicted octanol–water partition coefficient (Wildman–Crippen LogP) is 2.90. The number of anilines is 1. The van der Waals surface area contributed by atoms with Crippen LogP contribution >= 0.6 is 11.3 Å². The minimum atomic E-state index is -3.85. The van der Waals surface area contributed by atoms with Crippen molar-refractivity contribution in [3.8, 4) is 0 Å². The fourth-order valence-corrected chi connectivity index (χ4v) is 4.82. The van der Waals surface area contributed by atoms with E-state index in [0.717, 1.165) is 16.9 Å². The largest absolute Gasteiger partial charge is 0.468 e. The summed E-state index contributed by atoms with van der Waals surface area (Å²) in [4.78, 5) is 12.3. The van der Waals surface area contributed by atoms with Gasteiger partial charge in [0.2, 0.25) is 9.47 Å². The number of rotatable bonds is 7. The van der Waals surface area contributed by atoms with Crippen molar-refractivity contribution in [2.45, 2.75) is 24.7 Å². The molecule has 1 aromatic carbocycles. The average Bonchev–Trinajstić information content (AvgIpc) is 3.31. The highest BCUT2D eigenvalue weighted by Crippen LogP contribution is 2.25. The van der Waals surface area contributed by atoms with E-state index in [1.165, 1.54) is 10.6 Å². The minimum Gasteiger partial charge on any atom is -0.468 e. The lowest BCUT2D eigenvalue weighted by molar-refractivity contribution is 0.102. The zero-order valence-corrected chi connectivity index (χ0v) is 16.4. The number of carbonyl (C=O) groups excluding carboxylic acids is 1. The van der Waals surface area contributed by atoms with Crippen LogP contribution in [0.3, 0.4) is 0 Å². The van der Waals surface area contributed by atoms with Gasteiger partial charge in [0, 0.05) is 12.1 Å². The normalized spacial score (nSPS) is 11.7. The highest BCUT2D eigenvalue weighted by molar-refractivity contribution is 7.91. The Morgan fingerprint density at radius 2 is 2.07 bits per heavy atom. The van der Waals surface area contributed by atoms with E-state index >= 15 is 0 Å². The summed E-state index contributed by atoms with van der Waals surface area (Å²) in [7, 11) is -3.85. The van der Waals surface area contributed by atoms with Crippen LogP contribution in [0.5, 0.6) is 0 Å². The molecule has 1 N–H and O–H groups in total. The molecule has 3 rings (SSSR count). The van der Waals surface area contributed by atoms with Crippen LogP contribution in [0.4, 0.5) is 5.13 Å². The monoisotopic (exact) mass is 406 g/mol. The van der Waals surface area contributed by atoms with Crippen LogP contribution in [0.25, 0.3) is 0 Å². The smallest absolute Gasteiger partial charge is 0.272 e. The van der Waals surface area contributed by atoms with Crippen molar-refractivity contribution in [2.24, 2.45) is 0 Å². The number of hydrogen-bond donors (Lipinski definition) is 1.